The molecule has 0 radical (unpaired) electrons. The van der Waals surface area contributed by atoms with Crippen molar-refractivity contribution in [2.24, 2.45) is 0 Å². The molecule has 0 aliphatic carbocycles. The minimum absolute atomic E-state index is 0.00695. The summed E-state index contributed by atoms with van der Waals surface area (Å²) in [5, 5.41) is 7.49. The molecule has 0 bridgehead atoms. The highest BCUT2D eigenvalue weighted by Crippen LogP contribution is 2.31. The number of rotatable bonds is 2. The molecule has 1 aromatic carbocycles. The number of hydrogen-bond acceptors (Lipinski definition) is 4. The van der Waals surface area contributed by atoms with Crippen LogP contribution in [0.3, 0.4) is 0 Å². The number of piperidine rings is 1. The van der Waals surface area contributed by atoms with E-state index in [0.29, 0.717) is 10.2 Å². The summed E-state index contributed by atoms with van der Waals surface area (Å²) in [6.45, 7) is 2.85. The number of thiazole rings is 1. The fourth-order valence-electron chi connectivity index (χ4n) is 2.42. The third-order valence-electron chi connectivity index (χ3n) is 3.60. The Morgan fingerprint density at radius 1 is 1.50 bits per heavy atom. The summed E-state index contributed by atoms with van der Waals surface area (Å²) < 4.78 is 1.04. The number of halogens is 1. The molecule has 1 atom stereocenters. The van der Waals surface area contributed by atoms with Gasteiger partial charge >= 0.3 is 0 Å². The first-order chi connectivity index (χ1) is 9.65. The number of amides is 1. The van der Waals surface area contributed by atoms with Gasteiger partial charge in [-0.15, -0.1) is 0 Å². The Kier molecular flexibility index (Phi) is 3.92. The predicted molar refractivity (Wildman–Crippen MR) is 83.6 cm³/mol. The number of aryl methyl sites for hydroxylation is 1. The zero-order valence-corrected chi connectivity index (χ0v) is 12.8. The summed E-state index contributed by atoms with van der Waals surface area (Å²) in [5.74, 6) is 0.00695. The standard InChI is InChI=1S/C14H16ClN3OS/c1-8-9(15)5-6-11-12(8)17-14(20-11)18-13(19)10-4-2-3-7-16-10/h5-6,10,16H,2-4,7H2,1H3,(H,17,18,19). The summed E-state index contributed by atoms with van der Waals surface area (Å²) in [6.07, 6.45) is 3.13. The van der Waals surface area contributed by atoms with E-state index in [2.05, 4.69) is 15.6 Å². The lowest BCUT2D eigenvalue weighted by Gasteiger charge is -2.21. The van der Waals surface area contributed by atoms with E-state index in [1.54, 1.807) is 0 Å². The van der Waals surface area contributed by atoms with Crippen molar-refractivity contribution in [3.05, 3.63) is 22.7 Å². The largest absolute Gasteiger partial charge is 0.306 e. The zero-order chi connectivity index (χ0) is 14.1. The number of nitrogens with zero attached hydrogens (tertiary/aromatic N) is 1. The molecule has 106 valence electrons. The van der Waals surface area contributed by atoms with E-state index in [1.807, 2.05) is 19.1 Å². The van der Waals surface area contributed by atoms with Crippen molar-refractivity contribution >= 4 is 44.2 Å². The van der Waals surface area contributed by atoms with Gasteiger partial charge in [0, 0.05) is 5.02 Å². The fraction of sp³-hybridized carbons (Fsp3) is 0.429. The molecule has 20 heavy (non-hydrogen) atoms. The van der Waals surface area contributed by atoms with Crippen LogP contribution >= 0.6 is 22.9 Å². The van der Waals surface area contributed by atoms with Gasteiger partial charge < -0.3 is 10.6 Å². The number of carbonyl (C=O) groups excluding carboxylic acids is 1. The van der Waals surface area contributed by atoms with E-state index in [0.717, 1.165) is 41.6 Å². The molecule has 2 heterocycles. The molecular formula is C14H16ClN3OS. The van der Waals surface area contributed by atoms with Gasteiger partial charge in [0.05, 0.1) is 16.3 Å². The number of fused-ring (bicyclic) bond motifs is 1. The minimum atomic E-state index is -0.0968. The predicted octanol–water partition coefficient (Wildman–Crippen LogP) is 3.34. The number of anilines is 1. The molecule has 1 saturated heterocycles. The molecule has 1 aliphatic heterocycles. The SMILES string of the molecule is Cc1c(Cl)ccc2sc(NC(=O)C3CCCCN3)nc12. The molecule has 1 fully saturated rings. The number of aromatic nitrogens is 1. The summed E-state index contributed by atoms with van der Waals surface area (Å²) in [5.41, 5.74) is 1.83. The zero-order valence-electron chi connectivity index (χ0n) is 11.2. The lowest BCUT2D eigenvalue weighted by molar-refractivity contribution is -0.118. The van der Waals surface area contributed by atoms with Crippen molar-refractivity contribution < 1.29 is 4.79 Å². The van der Waals surface area contributed by atoms with Crippen LogP contribution in [0, 0.1) is 6.92 Å². The van der Waals surface area contributed by atoms with Gasteiger partial charge in [-0.3, -0.25) is 4.79 Å². The molecule has 0 saturated carbocycles. The molecule has 3 rings (SSSR count). The average molecular weight is 310 g/mol. The molecule has 2 aromatic rings. The maximum absolute atomic E-state index is 12.2. The van der Waals surface area contributed by atoms with Crippen molar-refractivity contribution in [1.29, 1.82) is 0 Å². The molecule has 1 amide bonds. The highest BCUT2D eigenvalue weighted by molar-refractivity contribution is 7.22. The molecule has 0 spiro atoms. The Morgan fingerprint density at radius 3 is 3.10 bits per heavy atom. The van der Waals surface area contributed by atoms with Crippen LogP contribution in [-0.2, 0) is 4.79 Å². The van der Waals surface area contributed by atoms with Crippen LogP contribution in [0.1, 0.15) is 24.8 Å². The van der Waals surface area contributed by atoms with Crippen LogP contribution < -0.4 is 10.6 Å². The molecule has 4 nitrogen and oxygen atoms in total. The van der Waals surface area contributed by atoms with Crippen molar-refractivity contribution in [3.63, 3.8) is 0 Å². The summed E-state index contributed by atoms with van der Waals surface area (Å²) in [7, 11) is 0. The van der Waals surface area contributed by atoms with Crippen molar-refractivity contribution in [3.8, 4) is 0 Å². The van der Waals surface area contributed by atoms with E-state index in [1.165, 1.54) is 11.3 Å². The second-order valence-electron chi connectivity index (χ2n) is 5.03. The second-order valence-corrected chi connectivity index (χ2v) is 6.47. The van der Waals surface area contributed by atoms with Crippen LogP contribution in [-0.4, -0.2) is 23.5 Å². The molecule has 6 heteroatoms. The van der Waals surface area contributed by atoms with E-state index < -0.39 is 0 Å². The molecule has 2 N–H and O–H groups in total. The second kappa shape index (κ2) is 5.68. The van der Waals surface area contributed by atoms with Gasteiger partial charge in [0.2, 0.25) is 5.91 Å². The van der Waals surface area contributed by atoms with Gasteiger partial charge in [-0.25, -0.2) is 4.98 Å². The molecular weight excluding hydrogens is 294 g/mol. The fourth-order valence-corrected chi connectivity index (χ4v) is 3.50. The number of benzene rings is 1. The van der Waals surface area contributed by atoms with E-state index >= 15 is 0 Å². The van der Waals surface area contributed by atoms with Gasteiger partial charge in [0.1, 0.15) is 0 Å². The summed E-state index contributed by atoms with van der Waals surface area (Å²) in [6, 6.07) is 3.71. The quantitative estimate of drug-likeness (QED) is 0.894. The highest BCUT2D eigenvalue weighted by atomic mass is 35.5. The van der Waals surface area contributed by atoms with E-state index in [9.17, 15) is 4.79 Å². The molecule has 1 aliphatic rings. The number of nitrogens with one attached hydrogen (secondary N) is 2. The molecule has 1 aromatic heterocycles. The van der Waals surface area contributed by atoms with E-state index in [4.69, 9.17) is 11.6 Å². The van der Waals surface area contributed by atoms with Crippen molar-refractivity contribution in [2.45, 2.75) is 32.2 Å². The number of hydrogen-bond donors (Lipinski definition) is 2. The van der Waals surface area contributed by atoms with Crippen LogP contribution in [0.25, 0.3) is 10.2 Å². The van der Waals surface area contributed by atoms with Gasteiger partial charge in [0.25, 0.3) is 0 Å². The minimum Gasteiger partial charge on any atom is -0.306 e. The Balaban J connectivity index is 1.80. The Morgan fingerprint density at radius 2 is 2.35 bits per heavy atom. The van der Waals surface area contributed by atoms with E-state index in [-0.39, 0.29) is 11.9 Å². The van der Waals surface area contributed by atoms with Gasteiger partial charge in [0.15, 0.2) is 5.13 Å². The lowest BCUT2D eigenvalue weighted by atomic mass is 10.0. The Labute approximate surface area is 126 Å². The molecule has 1 unspecified atom stereocenters. The van der Waals surface area contributed by atoms with Gasteiger partial charge in [-0.1, -0.05) is 29.4 Å². The van der Waals surface area contributed by atoms with Crippen molar-refractivity contribution in [2.75, 3.05) is 11.9 Å². The summed E-state index contributed by atoms with van der Waals surface area (Å²) >= 11 is 7.57. The maximum Gasteiger partial charge on any atom is 0.243 e. The first-order valence-electron chi connectivity index (χ1n) is 6.75. The monoisotopic (exact) mass is 309 g/mol. The van der Waals surface area contributed by atoms with Crippen LogP contribution in [0.15, 0.2) is 12.1 Å². The smallest absolute Gasteiger partial charge is 0.243 e. The third-order valence-corrected chi connectivity index (χ3v) is 4.95. The first-order valence-corrected chi connectivity index (χ1v) is 7.94. The normalized spacial score (nSPS) is 19.2. The topological polar surface area (TPSA) is 54.0 Å². The highest BCUT2D eigenvalue weighted by Gasteiger charge is 2.21. The third kappa shape index (κ3) is 2.66. The first kappa shape index (κ1) is 13.8. The Bertz CT molecular complexity index is 649. The van der Waals surface area contributed by atoms with Gasteiger partial charge in [-0.05, 0) is 44.0 Å². The average Bonchev–Trinajstić information content (AvgIpc) is 2.87. The summed E-state index contributed by atoms with van der Waals surface area (Å²) in [4.78, 5) is 16.6. The van der Waals surface area contributed by atoms with Gasteiger partial charge in [-0.2, -0.15) is 0 Å². The van der Waals surface area contributed by atoms with Crippen LogP contribution in [0.5, 0.6) is 0 Å². The number of carbonyl (C=O) groups is 1. The van der Waals surface area contributed by atoms with Crippen molar-refractivity contribution in [1.82, 2.24) is 10.3 Å². The maximum atomic E-state index is 12.2. The van der Waals surface area contributed by atoms with Crippen LogP contribution in [0.4, 0.5) is 5.13 Å². The van der Waals surface area contributed by atoms with Crippen LogP contribution in [0.2, 0.25) is 5.02 Å². The lowest BCUT2D eigenvalue weighted by Crippen LogP contribution is -2.43. The Hall–Kier alpha value is -1.17.